The second-order valence-corrected chi connectivity index (χ2v) is 17.7. The van der Waals surface area contributed by atoms with E-state index in [1.54, 1.807) is 27.4 Å². The Hall–Kier alpha value is -2.44. The molecule has 0 fully saturated rings. The Labute approximate surface area is 344 Å². The van der Waals surface area contributed by atoms with E-state index in [0.29, 0.717) is 0 Å². The fourth-order valence-corrected chi connectivity index (χ4v) is 7.81. The second kappa shape index (κ2) is 19.8. The minimum Gasteiger partial charge on any atom is -1.00 e. The molecule has 0 saturated carbocycles. The molecule has 0 saturated heterocycles. The van der Waals surface area contributed by atoms with Crippen LogP contribution in [0.3, 0.4) is 0 Å². The molecule has 5 aromatic rings. The Kier molecular flexibility index (Phi) is 17.4. The molecule has 0 nitrogen and oxygen atoms in total. The summed E-state index contributed by atoms with van der Waals surface area (Å²) in [5, 5.41) is 5.38. The molecule has 0 spiro atoms. The van der Waals surface area contributed by atoms with Crippen LogP contribution in [-0.4, -0.2) is 3.21 Å². The summed E-state index contributed by atoms with van der Waals surface area (Å²) in [7, 11) is 0. The third kappa shape index (κ3) is 11.1. The van der Waals surface area contributed by atoms with Crippen LogP contribution in [0.1, 0.15) is 111 Å². The quantitative estimate of drug-likeness (QED) is 0.151. The predicted molar refractivity (Wildman–Crippen MR) is 220 cm³/mol. The van der Waals surface area contributed by atoms with Gasteiger partial charge in [0.25, 0.3) is 0 Å². The number of aryl methyl sites for hydroxylation is 2. The molecule has 0 N–H and O–H groups in total. The van der Waals surface area contributed by atoms with Gasteiger partial charge < -0.3 is 24.8 Å². The average Bonchev–Trinajstić information content (AvgIpc) is 3.78. The van der Waals surface area contributed by atoms with Gasteiger partial charge in [0.15, 0.2) is 0 Å². The van der Waals surface area contributed by atoms with Crippen LogP contribution in [0.5, 0.6) is 0 Å². The van der Waals surface area contributed by atoms with Crippen LogP contribution >= 0.6 is 0 Å². The Morgan fingerprint density at radius 3 is 1.37 bits per heavy atom. The molecule has 2 unspecified atom stereocenters. The Bertz CT molecular complexity index is 1850. The zero-order chi connectivity index (χ0) is 36.8. The molecule has 0 radical (unpaired) electrons. The average molecular weight is 811 g/mol. The van der Waals surface area contributed by atoms with Crippen LogP contribution in [0, 0.1) is 31.8 Å². The Morgan fingerprint density at radius 2 is 1.08 bits per heavy atom. The van der Waals surface area contributed by atoms with Gasteiger partial charge in [-0.15, -0.1) is 46.2 Å². The number of benzene rings is 4. The number of rotatable bonds is 6. The minimum absolute atomic E-state index is 0. The van der Waals surface area contributed by atoms with E-state index in [-0.39, 0.29) is 35.6 Å². The van der Waals surface area contributed by atoms with E-state index >= 15 is 0 Å². The van der Waals surface area contributed by atoms with E-state index in [4.69, 9.17) is 0 Å². The number of allylic oxidation sites excluding steroid dienone is 4. The van der Waals surface area contributed by atoms with E-state index in [1.165, 1.54) is 78.9 Å². The molecular formula is C49H60Cl2Zr-2. The molecule has 0 heterocycles. The van der Waals surface area contributed by atoms with Crippen molar-refractivity contribution in [3.8, 4) is 22.3 Å². The number of halogens is 2. The van der Waals surface area contributed by atoms with E-state index in [9.17, 15) is 0 Å². The smallest absolute Gasteiger partial charge is 0.0139 e. The van der Waals surface area contributed by atoms with Gasteiger partial charge in [-0.25, -0.2) is 12.2 Å². The van der Waals surface area contributed by atoms with Crippen LogP contribution in [-0.2, 0) is 35.1 Å². The Balaban J connectivity index is 0.000000462. The summed E-state index contributed by atoms with van der Waals surface area (Å²) in [5.74, 6) is 1.71. The van der Waals surface area contributed by atoms with E-state index in [2.05, 4.69) is 174 Å². The third-order valence-electron chi connectivity index (χ3n) is 10.3. The minimum atomic E-state index is 0. The molecule has 2 atom stereocenters. The zero-order valence-corrected chi connectivity index (χ0v) is 37.7. The van der Waals surface area contributed by atoms with Gasteiger partial charge >= 0.3 is 79.8 Å². The molecule has 0 amide bonds. The molecule has 0 bridgehead atoms. The van der Waals surface area contributed by atoms with E-state index in [1.807, 2.05) is 12.2 Å². The summed E-state index contributed by atoms with van der Waals surface area (Å²) in [4.78, 5) is 0. The van der Waals surface area contributed by atoms with Crippen molar-refractivity contribution in [1.82, 2.24) is 0 Å². The molecule has 276 valence electrons. The topological polar surface area (TPSA) is 0 Å². The molecule has 0 aliphatic heterocycles. The van der Waals surface area contributed by atoms with Crippen molar-refractivity contribution < 1.29 is 49.0 Å². The first-order chi connectivity index (χ1) is 23.6. The first-order valence-corrected chi connectivity index (χ1v) is 20.0. The van der Waals surface area contributed by atoms with Crippen molar-refractivity contribution in [2.45, 2.75) is 113 Å². The maximum absolute atomic E-state index is 2.99. The van der Waals surface area contributed by atoms with Gasteiger partial charge in [0.05, 0.1) is 0 Å². The van der Waals surface area contributed by atoms with E-state index < -0.39 is 0 Å². The molecule has 5 aromatic carbocycles. The third-order valence-corrected chi connectivity index (χ3v) is 12.8. The van der Waals surface area contributed by atoms with Crippen LogP contribution in [0.2, 0.25) is 0 Å². The van der Waals surface area contributed by atoms with Gasteiger partial charge in [-0.3, -0.25) is 6.08 Å². The van der Waals surface area contributed by atoms with Crippen molar-refractivity contribution in [3.05, 3.63) is 125 Å². The van der Waals surface area contributed by atoms with Crippen LogP contribution in [0.25, 0.3) is 43.8 Å². The van der Waals surface area contributed by atoms with Crippen molar-refractivity contribution in [1.29, 1.82) is 0 Å². The molecule has 52 heavy (non-hydrogen) atoms. The predicted octanol–water partition coefficient (Wildman–Crippen LogP) is 8.37. The normalized spacial score (nSPS) is 13.3. The molecule has 1 aliphatic carbocycles. The number of fused-ring (bicyclic) bond motifs is 3. The number of hydrogen-bond donors (Lipinski definition) is 0. The summed E-state index contributed by atoms with van der Waals surface area (Å²) in [5.41, 5.74) is 10.9. The molecule has 6 rings (SSSR count). The SMILES string of the molecule is CCC(C)[C](=[Zr+2])C(C)CC.Cc1ccccc1-c1cc2[cH-]c3cc(-c4ccccc4C)c(C(C)(C)C)cc3c2cc1C(C)(C)C.[C-]1=CC=CC1.[Cl-].[Cl-]. The van der Waals surface area contributed by atoms with Gasteiger partial charge in [0.2, 0.25) is 0 Å². The summed E-state index contributed by atoms with van der Waals surface area (Å²) < 4.78 is 1.76. The maximum atomic E-state index is 2.99. The standard InChI is InChI=1S/C35H37.C9H18.C5H5.2ClH.Zr/c1-22-13-9-11-15-26(22)30-18-24-17-25-19-31(27-16-12-10-14-23(27)2)33(35(6,7)8)21-29(25)28(24)20-32(30)34(3,4)5;1-5-8(3)7-9(4)6-2;1-2-4-5-3-1;;;/h9-21H,1-8H3;8-9H,5-6H2,1-4H3;1-3H,4H2;2*1H;/q-1;;-1;;;+2/p-2. The van der Waals surface area contributed by atoms with Gasteiger partial charge in [-0.05, 0) is 69.2 Å². The van der Waals surface area contributed by atoms with Crippen molar-refractivity contribution in [2.24, 2.45) is 11.8 Å². The molecule has 1 aliphatic rings. The first-order valence-electron chi connectivity index (χ1n) is 18.7. The fourth-order valence-electron chi connectivity index (χ4n) is 6.81. The summed E-state index contributed by atoms with van der Waals surface area (Å²) >= 11 is 1.65. The number of hydrogen-bond acceptors (Lipinski definition) is 0. The fraction of sp³-hybridized carbons (Fsp3) is 0.388. The van der Waals surface area contributed by atoms with Gasteiger partial charge in [-0.2, -0.15) is 6.08 Å². The second-order valence-electron chi connectivity index (χ2n) is 16.3. The van der Waals surface area contributed by atoms with Crippen LogP contribution < -0.4 is 24.8 Å². The molecular weight excluding hydrogens is 751 g/mol. The summed E-state index contributed by atoms with van der Waals surface area (Å²) in [6.45, 7) is 27.7. The van der Waals surface area contributed by atoms with Gasteiger partial charge in [0.1, 0.15) is 0 Å². The Morgan fingerprint density at radius 1 is 0.673 bits per heavy atom. The van der Waals surface area contributed by atoms with Crippen molar-refractivity contribution in [2.75, 3.05) is 0 Å². The molecule has 3 heteroatoms. The summed E-state index contributed by atoms with van der Waals surface area (Å²) in [6.07, 6.45) is 12.6. The van der Waals surface area contributed by atoms with Crippen LogP contribution in [0.4, 0.5) is 0 Å². The van der Waals surface area contributed by atoms with Crippen molar-refractivity contribution >= 4 is 24.8 Å². The van der Waals surface area contributed by atoms with Crippen LogP contribution in [0.15, 0.2) is 97.1 Å². The first kappa shape index (κ1) is 45.7. The van der Waals surface area contributed by atoms with Gasteiger partial charge in [-0.1, -0.05) is 102 Å². The summed E-state index contributed by atoms with van der Waals surface area (Å²) in [6, 6.07) is 29.8. The van der Waals surface area contributed by atoms with Gasteiger partial charge in [0, 0.05) is 0 Å². The zero-order valence-electron chi connectivity index (χ0n) is 33.8. The largest absolute Gasteiger partial charge is 1.00 e. The molecule has 0 aromatic heterocycles. The maximum Gasteiger partial charge on any atom is -0.0139 e. The van der Waals surface area contributed by atoms with Crippen molar-refractivity contribution in [3.63, 3.8) is 0 Å². The monoisotopic (exact) mass is 808 g/mol. The van der Waals surface area contributed by atoms with E-state index in [0.717, 1.165) is 18.3 Å².